The van der Waals surface area contributed by atoms with Crippen molar-refractivity contribution in [2.24, 2.45) is 5.92 Å². The number of amides is 1. The van der Waals surface area contributed by atoms with Crippen LogP contribution in [-0.4, -0.2) is 47.5 Å². The van der Waals surface area contributed by atoms with Crippen LogP contribution in [0.5, 0.6) is 0 Å². The van der Waals surface area contributed by atoms with Gasteiger partial charge >= 0.3 is 12.1 Å². The van der Waals surface area contributed by atoms with Crippen LogP contribution in [0.1, 0.15) is 73.1 Å². The Hall–Kier alpha value is -1.30. The van der Waals surface area contributed by atoms with Crippen molar-refractivity contribution in [3.05, 3.63) is 0 Å². The monoisotopic (exact) mass is 355 g/mol. The van der Waals surface area contributed by atoms with Crippen LogP contribution in [0, 0.1) is 5.92 Å². The van der Waals surface area contributed by atoms with Crippen LogP contribution < -0.4 is 0 Å². The summed E-state index contributed by atoms with van der Waals surface area (Å²) in [7, 11) is 1.35. The zero-order chi connectivity index (χ0) is 18.8. The minimum atomic E-state index is -0.916. The maximum Gasteiger partial charge on any atom is 0.412 e. The van der Waals surface area contributed by atoms with Crippen molar-refractivity contribution < 1.29 is 23.8 Å². The van der Waals surface area contributed by atoms with E-state index in [1.54, 1.807) is 18.7 Å². The second-order valence-electron chi connectivity index (χ2n) is 8.67. The number of hydrogen-bond acceptors (Lipinski definition) is 5. The molecule has 1 amide bonds. The van der Waals surface area contributed by atoms with E-state index in [4.69, 9.17) is 14.2 Å². The van der Waals surface area contributed by atoms with E-state index >= 15 is 0 Å². The Morgan fingerprint density at radius 3 is 2.28 bits per heavy atom. The van der Waals surface area contributed by atoms with E-state index in [1.807, 2.05) is 20.8 Å². The molecular weight excluding hydrogens is 322 g/mol. The predicted molar refractivity (Wildman–Crippen MR) is 94.0 cm³/mol. The van der Waals surface area contributed by atoms with Crippen LogP contribution in [0.25, 0.3) is 0 Å². The van der Waals surface area contributed by atoms with Gasteiger partial charge in [-0.15, -0.1) is 0 Å². The Balaban J connectivity index is 2.26. The molecule has 6 nitrogen and oxygen atoms in total. The first-order chi connectivity index (χ1) is 11.5. The average Bonchev–Trinajstić information content (AvgIpc) is 2.76. The van der Waals surface area contributed by atoms with Crippen LogP contribution in [-0.2, 0) is 19.0 Å². The molecule has 2 atom stereocenters. The lowest BCUT2D eigenvalue weighted by atomic mass is 9.83. The van der Waals surface area contributed by atoms with E-state index in [9.17, 15) is 9.59 Å². The molecule has 0 unspecified atom stereocenters. The van der Waals surface area contributed by atoms with Gasteiger partial charge in [0, 0.05) is 0 Å². The molecule has 2 fully saturated rings. The average molecular weight is 355 g/mol. The highest BCUT2D eigenvalue weighted by atomic mass is 16.6. The summed E-state index contributed by atoms with van der Waals surface area (Å²) in [6.45, 7) is 9.11. The van der Waals surface area contributed by atoms with Crippen LogP contribution in [0.15, 0.2) is 0 Å². The predicted octanol–water partition coefficient (Wildman–Crippen LogP) is 3.87. The summed E-state index contributed by atoms with van der Waals surface area (Å²) >= 11 is 0. The van der Waals surface area contributed by atoms with Gasteiger partial charge in [-0.25, -0.2) is 9.59 Å². The molecule has 2 aliphatic rings. The van der Waals surface area contributed by atoms with E-state index in [0.29, 0.717) is 5.92 Å². The third kappa shape index (κ3) is 4.87. The van der Waals surface area contributed by atoms with E-state index in [1.165, 1.54) is 26.4 Å². The third-order valence-electron chi connectivity index (χ3n) is 5.00. The van der Waals surface area contributed by atoms with Crippen LogP contribution in [0.3, 0.4) is 0 Å². The largest absolute Gasteiger partial charge is 0.467 e. The summed E-state index contributed by atoms with van der Waals surface area (Å²) in [5.74, 6) is 0.0632. The number of ether oxygens (including phenoxy) is 3. The Morgan fingerprint density at radius 2 is 1.76 bits per heavy atom. The molecule has 0 radical (unpaired) electrons. The van der Waals surface area contributed by atoms with Gasteiger partial charge in [0.25, 0.3) is 0 Å². The molecule has 0 aromatic carbocycles. The number of hydrogen-bond donors (Lipinski definition) is 0. The Bertz CT molecular complexity index is 491. The van der Waals surface area contributed by atoms with Gasteiger partial charge in [-0.2, -0.15) is 0 Å². The van der Waals surface area contributed by atoms with Gasteiger partial charge < -0.3 is 14.2 Å². The first-order valence-corrected chi connectivity index (χ1v) is 9.33. The maximum absolute atomic E-state index is 12.9. The van der Waals surface area contributed by atoms with Crippen molar-refractivity contribution in [2.45, 2.75) is 96.6 Å². The molecule has 25 heavy (non-hydrogen) atoms. The summed E-state index contributed by atoms with van der Waals surface area (Å²) < 4.78 is 16.5. The molecule has 1 aliphatic heterocycles. The Kier molecular flexibility index (Phi) is 6.02. The number of carbonyl (C=O) groups is 2. The summed E-state index contributed by atoms with van der Waals surface area (Å²) in [5, 5.41) is 0. The van der Waals surface area contributed by atoms with E-state index in [2.05, 4.69) is 0 Å². The van der Waals surface area contributed by atoms with Gasteiger partial charge in [0.05, 0.1) is 13.2 Å². The molecule has 1 saturated heterocycles. The van der Waals surface area contributed by atoms with Crippen molar-refractivity contribution in [2.75, 3.05) is 7.11 Å². The van der Waals surface area contributed by atoms with Gasteiger partial charge in [-0.05, 0) is 47.0 Å². The lowest BCUT2D eigenvalue weighted by molar-refractivity contribution is -0.158. The van der Waals surface area contributed by atoms with Crippen molar-refractivity contribution in [3.63, 3.8) is 0 Å². The molecule has 0 aromatic rings. The second kappa shape index (κ2) is 7.52. The fraction of sp³-hybridized carbons (Fsp3) is 0.895. The Morgan fingerprint density at radius 1 is 1.16 bits per heavy atom. The van der Waals surface area contributed by atoms with Crippen LogP contribution in [0.4, 0.5) is 4.79 Å². The molecule has 2 rings (SSSR count). The standard InChI is InChI=1S/C19H33NO5/c1-18(2,3)25-17(22)20-14(12-13-10-8-7-9-11-13)15(16(21)23-6)24-19(20,4)5/h13-15H,7-12H2,1-6H3/t14-,15+/m0/s1. The third-order valence-corrected chi connectivity index (χ3v) is 5.00. The van der Waals surface area contributed by atoms with Crippen molar-refractivity contribution in [3.8, 4) is 0 Å². The topological polar surface area (TPSA) is 65.1 Å². The lowest BCUT2D eigenvalue weighted by Crippen LogP contribution is -2.51. The summed E-state index contributed by atoms with van der Waals surface area (Å²) in [6, 6.07) is -0.361. The summed E-state index contributed by atoms with van der Waals surface area (Å²) in [4.78, 5) is 26.7. The van der Waals surface area contributed by atoms with Crippen molar-refractivity contribution in [1.29, 1.82) is 0 Å². The molecule has 0 bridgehead atoms. The molecule has 1 heterocycles. The fourth-order valence-electron chi connectivity index (χ4n) is 3.96. The van der Waals surface area contributed by atoms with Crippen LogP contribution >= 0.6 is 0 Å². The SMILES string of the molecule is COC(=O)[C@@H]1OC(C)(C)N(C(=O)OC(C)(C)C)[C@H]1CC1CCCCC1. The molecule has 0 N–H and O–H groups in total. The minimum absolute atomic E-state index is 0.361. The molecule has 0 aromatic heterocycles. The number of carbonyl (C=O) groups excluding carboxylic acids is 2. The van der Waals surface area contributed by atoms with Crippen molar-refractivity contribution in [1.82, 2.24) is 4.90 Å². The number of methoxy groups -OCH3 is 1. The quantitative estimate of drug-likeness (QED) is 0.719. The van der Waals surface area contributed by atoms with Gasteiger partial charge in [0.15, 0.2) is 6.10 Å². The second-order valence-corrected chi connectivity index (χ2v) is 8.67. The van der Waals surface area contributed by atoms with Gasteiger partial charge in [0.1, 0.15) is 11.3 Å². The van der Waals surface area contributed by atoms with E-state index in [0.717, 1.165) is 19.3 Å². The number of nitrogens with zero attached hydrogens (tertiary/aromatic N) is 1. The van der Waals surface area contributed by atoms with Gasteiger partial charge in [0.2, 0.25) is 0 Å². The highest BCUT2D eigenvalue weighted by Crippen LogP contribution is 2.39. The molecule has 0 spiro atoms. The molecule has 1 aliphatic carbocycles. The normalized spacial score (nSPS) is 27.2. The first kappa shape index (κ1) is 20.0. The highest BCUT2D eigenvalue weighted by Gasteiger charge is 2.54. The highest BCUT2D eigenvalue weighted by molar-refractivity contribution is 5.78. The Labute approximate surface area is 151 Å². The fourth-order valence-corrected chi connectivity index (χ4v) is 3.96. The number of esters is 1. The zero-order valence-electron chi connectivity index (χ0n) is 16.5. The summed E-state index contributed by atoms with van der Waals surface area (Å²) in [5.41, 5.74) is -1.52. The van der Waals surface area contributed by atoms with E-state index < -0.39 is 29.5 Å². The van der Waals surface area contributed by atoms with E-state index in [-0.39, 0.29) is 6.04 Å². The van der Waals surface area contributed by atoms with Crippen LogP contribution in [0.2, 0.25) is 0 Å². The van der Waals surface area contributed by atoms with Gasteiger partial charge in [-0.3, -0.25) is 4.90 Å². The molecule has 1 saturated carbocycles. The first-order valence-electron chi connectivity index (χ1n) is 9.33. The molecule has 144 valence electrons. The molecular formula is C19H33NO5. The zero-order valence-corrected chi connectivity index (χ0v) is 16.5. The maximum atomic E-state index is 12.9. The molecule has 6 heteroatoms. The lowest BCUT2D eigenvalue weighted by Gasteiger charge is -2.36. The number of rotatable bonds is 3. The summed E-state index contributed by atoms with van der Waals surface area (Å²) in [6.07, 6.45) is 5.47. The van der Waals surface area contributed by atoms with Gasteiger partial charge in [-0.1, -0.05) is 32.1 Å². The minimum Gasteiger partial charge on any atom is -0.467 e. The van der Waals surface area contributed by atoms with Crippen molar-refractivity contribution >= 4 is 12.1 Å². The smallest absolute Gasteiger partial charge is 0.412 e.